The van der Waals surface area contributed by atoms with E-state index in [1.165, 1.54) is 5.56 Å². The maximum absolute atomic E-state index is 9.40. The van der Waals surface area contributed by atoms with E-state index in [-0.39, 0.29) is 5.75 Å². The van der Waals surface area contributed by atoms with Crippen molar-refractivity contribution < 1.29 is 9.84 Å². The number of hydrogen-bond donors (Lipinski definition) is 2. The van der Waals surface area contributed by atoms with Gasteiger partial charge >= 0.3 is 0 Å². The third kappa shape index (κ3) is 4.00. The predicted octanol–water partition coefficient (Wildman–Crippen LogP) is 3.64. The van der Waals surface area contributed by atoms with Gasteiger partial charge in [0.25, 0.3) is 0 Å². The highest BCUT2D eigenvalue weighted by molar-refractivity contribution is 5.30. The Morgan fingerprint density at radius 2 is 1.90 bits per heavy atom. The molecule has 0 saturated carbocycles. The highest BCUT2D eigenvalue weighted by atomic mass is 16.5. The van der Waals surface area contributed by atoms with E-state index in [0.29, 0.717) is 12.6 Å². The van der Waals surface area contributed by atoms with Gasteiger partial charge < -0.3 is 15.2 Å². The SMILES string of the molecule is CCNC(C)c1ccc(OCc2cccc(O)c2)cc1. The van der Waals surface area contributed by atoms with Gasteiger partial charge in [0.1, 0.15) is 18.1 Å². The smallest absolute Gasteiger partial charge is 0.119 e. The summed E-state index contributed by atoms with van der Waals surface area (Å²) in [6.45, 7) is 5.66. The molecule has 0 fully saturated rings. The fraction of sp³-hybridized carbons (Fsp3) is 0.294. The molecule has 0 amide bonds. The summed E-state index contributed by atoms with van der Waals surface area (Å²) < 4.78 is 5.71. The van der Waals surface area contributed by atoms with Gasteiger partial charge in [-0.05, 0) is 48.9 Å². The standard InChI is InChI=1S/C17H21NO2/c1-3-18-13(2)15-7-9-17(10-8-15)20-12-14-5-4-6-16(19)11-14/h4-11,13,18-19H,3,12H2,1-2H3. The molecule has 2 aromatic rings. The van der Waals surface area contributed by atoms with Gasteiger partial charge in [0.15, 0.2) is 0 Å². The number of phenols is 1. The van der Waals surface area contributed by atoms with Gasteiger partial charge in [0.05, 0.1) is 0 Å². The second-order valence-electron chi connectivity index (χ2n) is 4.81. The summed E-state index contributed by atoms with van der Waals surface area (Å²) in [5.41, 5.74) is 2.20. The second-order valence-corrected chi connectivity index (χ2v) is 4.81. The van der Waals surface area contributed by atoms with Crippen molar-refractivity contribution >= 4 is 0 Å². The molecule has 20 heavy (non-hydrogen) atoms. The topological polar surface area (TPSA) is 41.5 Å². The van der Waals surface area contributed by atoms with E-state index in [2.05, 4.69) is 31.3 Å². The van der Waals surface area contributed by atoms with Crippen molar-refractivity contribution in [2.45, 2.75) is 26.5 Å². The van der Waals surface area contributed by atoms with Crippen LogP contribution in [0.2, 0.25) is 0 Å². The van der Waals surface area contributed by atoms with Crippen LogP contribution in [-0.2, 0) is 6.61 Å². The van der Waals surface area contributed by atoms with E-state index >= 15 is 0 Å². The summed E-state index contributed by atoms with van der Waals surface area (Å²) in [6.07, 6.45) is 0. The number of benzene rings is 2. The van der Waals surface area contributed by atoms with E-state index in [0.717, 1.165) is 17.9 Å². The Balaban J connectivity index is 1.94. The third-order valence-electron chi connectivity index (χ3n) is 3.21. The summed E-state index contributed by atoms with van der Waals surface area (Å²) >= 11 is 0. The molecule has 2 N–H and O–H groups in total. The fourth-order valence-electron chi connectivity index (χ4n) is 2.09. The van der Waals surface area contributed by atoms with E-state index in [1.807, 2.05) is 24.3 Å². The van der Waals surface area contributed by atoms with Crippen LogP contribution in [0.25, 0.3) is 0 Å². The average Bonchev–Trinajstić information content (AvgIpc) is 2.46. The third-order valence-corrected chi connectivity index (χ3v) is 3.21. The first-order valence-electron chi connectivity index (χ1n) is 6.93. The molecule has 0 aliphatic rings. The van der Waals surface area contributed by atoms with Crippen molar-refractivity contribution in [2.75, 3.05) is 6.54 Å². The number of nitrogens with one attached hydrogen (secondary N) is 1. The average molecular weight is 271 g/mol. The van der Waals surface area contributed by atoms with Crippen LogP contribution in [0.15, 0.2) is 48.5 Å². The van der Waals surface area contributed by atoms with Crippen molar-refractivity contribution in [3.63, 3.8) is 0 Å². The van der Waals surface area contributed by atoms with Crippen molar-refractivity contribution in [3.8, 4) is 11.5 Å². The van der Waals surface area contributed by atoms with Crippen molar-refractivity contribution in [1.29, 1.82) is 0 Å². The summed E-state index contributed by atoms with van der Waals surface area (Å²) in [6, 6.07) is 15.6. The summed E-state index contributed by atoms with van der Waals surface area (Å²) in [4.78, 5) is 0. The lowest BCUT2D eigenvalue weighted by molar-refractivity contribution is 0.305. The number of aromatic hydroxyl groups is 1. The van der Waals surface area contributed by atoms with Gasteiger partial charge in [-0.2, -0.15) is 0 Å². The molecule has 2 rings (SSSR count). The number of rotatable bonds is 6. The maximum atomic E-state index is 9.40. The molecule has 0 heterocycles. The highest BCUT2D eigenvalue weighted by Crippen LogP contribution is 2.19. The van der Waals surface area contributed by atoms with Crippen LogP contribution in [0, 0.1) is 0 Å². The molecule has 3 heteroatoms. The lowest BCUT2D eigenvalue weighted by Gasteiger charge is -2.13. The second kappa shape index (κ2) is 6.96. The Morgan fingerprint density at radius 1 is 1.15 bits per heavy atom. The monoisotopic (exact) mass is 271 g/mol. The van der Waals surface area contributed by atoms with Crippen molar-refractivity contribution in [2.24, 2.45) is 0 Å². The van der Waals surface area contributed by atoms with Gasteiger partial charge in [-0.1, -0.05) is 31.2 Å². The zero-order valence-corrected chi connectivity index (χ0v) is 12.0. The van der Waals surface area contributed by atoms with Crippen LogP contribution in [0.4, 0.5) is 0 Å². The molecule has 0 aliphatic carbocycles. The van der Waals surface area contributed by atoms with Crippen LogP contribution in [-0.4, -0.2) is 11.7 Å². The molecule has 3 nitrogen and oxygen atoms in total. The minimum atomic E-state index is 0.265. The maximum Gasteiger partial charge on any atom is 0.119 e. The first kappa shape index (κ1) is 14.4. The van der Waals surface area contributed by atoms with Crippen LogP contribution in [0.5, 0.6) is 11.5 Å². The van der Waals surface area contributed by atoms with Gasteiger partial charge in [-0.25, -0.2) is 0 Å². The van der Waals surface area contributed by atoms with Crippen LogP contribution in [0.1, 0.15) is 31.0 Å². The number of phenolic OH excluding ortho intramolecular Hbond substituents is 1. The quantitative estimate of drug-likeness (QED) is 0.842. The molecule has 0 aliphatic heterocycles. The fourth-order valence-corrected chi connectivity index (χ4v) is 2.09. The largest absolute Gasteiger partial charge is 0.508 e. The molecule has 1 unspecified atom stereocenters. The summed E-state index contributed by atoms with van der Waals surface area (Å²) in [5, 5.41) is 12.8. The lowest BCUT2D eigenvalue weighted by atomic mass is 10.1. The van der Waals surface area contributed by atoms with E-state index < -0.39 is 0 Å². The number of ether oxygens (including phenoxy) is 1. The molecule has 2 aromatic carbocycles. The van der Waals surface area contributed by atoms with Crippen molar-refractivity contribution in [3.05, 3.63) is 59.7 Å². The Morgan fingerprint density at radius 3 is 2.55 bits per heavy atom. The molecule has 106 valence electrons. The zero-order chi connectivity index (χ0) is 14.4. The first-order valence-corrected chi connectivity index (χ1v) is 6.93. The first-order chi connectivity index (χ1) is 9.69. The molecule has 0 radical (unpaired) electrons. The minimum Gasteiger partial charge on any atom is -0.508 e. The molecule has 0 aromatic heterocycles. The Bertz CT molecular complexity index is 537. The molecular weight excluding hydrogens is 250 g/mol. The highest BCUT2D eigenvalue weighted by Gasteiger charge is 2.03. The van der Waals surface area contributed by atoms with Crippen LogP contribution in [0.3, 0.4) is 0 Å². The predicted molar refractivity (Wildman–Crippen MR) is 81.0 cm³/mol. The van der Waals surface area contributed by atoms with Gasteiger partial charge in [-0.15, -0.1) is 0 Å². The van der Waals surface area contributed by atoms with Gasteiger partial charge in [-0.3, -0.25) is 0 Å². The Kier molecular flexibility index (Phi) is 5.02. The van der Waals surface area contributed by atoms with Gasteiger partial charge in [0, 0.05) is 6.04 Å². The van der Waals surface area contributed by atoms with E-state index in [9.17, 15) is 5.11 Å². The van der Waals surface area contributed by atoms with Crippen LogP contribution >= 0.6 is 0 Å². The molecular formula is C17H21NO2. The zero-order valence-electron chi connectivity index (χ0n) is 12.0. The van der Waals surface area contributed by atoms with E-state index in [4.69, 9.17) is 4.74 Å². The van der Waals surface area contributed by atoms with E-state index in [1.54, 1.807) is 12.1 Å². The molecule has 0 saturated heterocycles. The van der Waals surface area contributed by atoms with Crippen LogP contribution < -0.4 is 10.1 Å². The number of hydrogen-bond acceptors (Lipinski definition) is 3. The summed E-state index contributed by atoms with van der Waals surface area (Å²) in [5.74, 6) is 1.10. The molecule has 0 bridgehead atoms. The van der Waals surface area contributed by atoms with Gasteiger partial charge in [0.2, 0.25) is 0 Å². The van der Waals surface area contributed by atoms with Crippen molar-refractivity contribution in [1.82, 2.24) is 5.32 Å². The Labute approximate surface area is 120 Å². The lowest BCUT2D eigenvalue weighted by Crippen LogP contribution is -2.17. The summed E-state index contributed by atoms with van der Waals surface area (Å²) in [7, 11) is 0. The molecule has 1 atom stereocenters. The normalized spacial score (nSPS) is 12.1. The molecule has 0 spiro atoms. The Hall–Kier alpha value is -2.00. The minimum absolute atomic E-state index is 0.265.